The van der Waals surface area contributed by atoms with Crippen LogP contribution in [-0.2, 0) is 11.0 Å². The minimum Gasteiger partial charge on any atom is -0.481 e. The maximum Gasteiger partial charge on any atom is 0.417 e. The summed E-state index contributed by atoms with van der Waals surface area (Å²) in [7, 11) is 0. The summed E-state index contributed by atoms with van der Waals surface area (Å²) < 4.78 is 40.7. The second-order valence-electron chi connectivity index (χ2n) is 7.20. The van der Waals surface area contributed by atoms with Crippen LogP contribution in [0, 0.1) is 17.2 Å². The Bertz CT molecular complexity index is 775. The summed E-state index contributed by atoms with van der Waals surface area (Å²) in [6.07, 6.45) is -2.55. The molecule has 2 saturated heterocycles. The minimum atomic E-state index is -4.64. The van der Waals surface area contributed by atoms with E-state index in [-0.39, 0.29) is 30.0 Å². The molecule has 0 radical (unpaired) electrons. The van der Waals surface area contributed by atoms with Gasteiger partial charge in [-0.05, 0) is 38.2 Å². The van der Waals surface area contributed by atoms with Crippen molar-refractivity contribution in [3.63, 3.8) is 0 Å². The Morgan fingerprint density at radius 2 is 2.15 bits per heavy atom. The molecule has 0 spiro atoms. The van der Waals surface area contributed by atoms with Gasteiger partial charge in [-0.15, -0.1) is 0 Å². The van der Waals surface area contributed by atoms with Crippen LogP contribution >= 0.6 is 0 Å². The average molecular weight is 382 g/mol. The Morgan fingerprint density at radius 1 is 1.41 bits per heavy atom. The lowest BCUT2D eigenvalue weighted by atomic mass is 10.0. The summed E-state index contributed by atoms with van der Waals surface area (Å²) >= 11 is 0. The van der Waals surface area contributed by atoms with Gasteiger partial charge in [0, 0.05) is 32.1 Å². The molecule has 1 aromatic rings. The number of hydrogen-bond donors (Lipinski definition) is 1. The number of pyridine rings is 1. The fourth-order valence-corrected chi connectivity index (χ4v) is 3.66. The van der Waals surface area contributed by atoms with Crippen LogP contribution in [0.4, 0.5) is 24.8 Å². The van der Waals surface area contributed by atoms with Crippen molar-refractivity contribution >= 4 is 17.6 Å². The number of anilines is 2. The van der Waals surface area contributed by atoms with E-state index in [0.717, 1.165) is 12.5 Å². The molecule has 6 nitrogen and oxygen atoms in total. The number of carbonyl (C=O) groups is 1. The molecule has 3 rings (SSSR count). The van der Waals surface area contributed by atoms with Crippen LogP contribution in [0.25, 0.3) is 0 Å². The van der Waals surface area contributed by atoms with E-state index < -0.39 is 23.3 Å². The van der Waals surface area contributed by atoms with E-state index in [2.05, 4.69) is 4.98 Å². The fourth-order valence-electron chi connectivity index (χ4n) is 3.66. The molecule has 0 bridgehead atoms. The van der Waals surface area contributed by atoms with Crippen molar-refractivity contribution in [2.45, 2.75) is 44.8 Å². The topological polar surface area (TPSA) is 80.5 Å². The molecule has 1 aromatic heterocycles. The van der Waals surface area contributed by atoms with E-state index in [9.17, 15) is 23.2 Å². The molecule has 0 aromatic carbocycles. The maximum absolute atomic E-state index is 13.6. The smallest absolute Gasteiger partial charge is 0.417 e. The third kappa shape index (κ3) is 3.94. The van der Waals surface area contributed by atoms with E-state index >= 15 is 0 Å². The molecule has 2 atom stereocenters. The van der Waals surface area contributed by atoms with Crippen LogP contribution in [0.3, 0.4) is 0 Å². The van der Waals surface area contributed by atoms with Crippen LogP contribution in [-0.4, -0.2) is 41.7 Å². The van der Waals surface area contributed by atoms with Gasteiger partial charge >= 0.3 is 12.1 Å². The first-order valence-corrected chi connectivity index (χ1v) is 8.96. The predicted molar refractivity (Wildman–Crippen MR) is 92.6 cm³/mol. The van der Waals surface area contributed by atoms with Gasteiger partial charge in [0.2, 0.25) is 0 Å². The molecule has 2 aliphatic heterocycles. The highest BCUT2D eigenvalue weighted by molar-refractivity contribution is 5.67. The number of halogens is 3. The maximum atomic E-state index is 13.6. The van der Waals surface area contributed by atoms with Crippen molar-refractivity contribution in [3.05, 3.63) is 17.2 Å². The van der Waals surface area contributed by atoms with Gasteiger partial charge in [0.1, 0.15) is 23.3 Å². The van der Waals surface area contributed by atoms with Crippen LogP contribution in [0.5, 0.6) is 0 Å². The SMILES string of the molecule is C[C@H]1CCN1c1nc(N2CC[C@H](CCC(=O)O)C2)cc(C(F)(F)F)c1C#N. The quantitative estimate of drug-likeness (QED) is 0.842. The minimum absolute atomic E-state index is 0.0443. The zero-order valence-corrected chi connectivity index (χ0v) is 15.0. The fraction of sp³-hybridized carbons (Fsp3) is 0.611. The molecule has 0 unspecified atom stereocenters. The van der Waals surface area contributed by atoms with E-state index in [1.807, 2.05) is 6.92 Å². The molecule has 1 N–H and O–H groups in total. The Labute approximate surface area is 155 Å². The number of nitriles is 1. The Morgan fingerprint density at radius 3 is 2.67 bits per heavy atom. The number of carboxylic acids is 1. The number of nitrogens with zero attached hydrogens (tertiary/aromatic N) is 4. The highest BCUT2D eigenvalue weighted by Crippen LogP contribution is 2.40. The van der Waals surface area contributed by atoms with Crippen molar-refractivity contribution in [2.75, 3.05) is 29.4 Å². The van der Waals surface area contributed by atoms with Crippen molar-refractivity contribution < 1.29 is 23.1 Å². The number of carboxylic acid groups (broad SMARTS) is 1. The normalized spacial score (nSPS) is 22.5. The first-order chi connectivity index (χ1) is 12.7. The van der Waals surface area contributed by atoms with Crippen molar-refractivity contribution in [3.8, 4) is 6.07 Å². The highest BCUT2D eigenvalue weighted by Gasteiger charge is 2.39. The van der Waals surface area contributed by atoms with Gasteiger partial charge in [0.15, 0.2) is 0 Å². The number of alkyl halides is 3. The Kier molecular flexibility index (Phi) is 5.18. The number of hydrogen-bond acceptors (Lipinski definition) is 5. The second kappa shape index (κ2) is 7.25. The summed E-state index contributed by atoms with van der Waals surface area (Å²) in [5.74, 6) is -0.471. The van der Waals surface area contributed by atoms with Crippen LogP contribution < -0.4 is 9.80 Å². The van der Waals surface area contributed by atoms with Gasteiger partial charge in [-0.3, -0.25) is 4.79 Å². The van der Waals surface area contributed by atoms with Gasteiger partial charge in [0.25, 0.3) is 0 Å². The average Bonchev–Trinajstić information content (AvgIpc) is 3.06. The molecular formula is C18H21F3N4O2. The van der Waals surface area contributed by atoms with Crippen LogP contribution in [0.15, 0.2) is 6.07 Å². The summed E-state index contributed by atoms with van der Waals surface area (Å²) in [5, 5.41) is 18.2. The molecule has 146 valence electrons. The molecule has 0 aliphatic carbocycles. The zero-order valence-electron chi connectivity index (χ0n) is 15.0. The van der Waals surface area contributed by atoms with E-state index in [4.69, 9.17) is 5.11 Å². The zero-order chi connectivity index (χ0) is 19.8. The number of aliphatic carboxylic acids is 1. The predicted octanol–water partition coefficient (Wildman–Crippen LogP) is 3.26. The molecular weight excluding hydrogens is 361 g/mol. The van der Waals surface area contributed by atoms with Gasteiger partial charge in [-0.1, -0.05) is 0 Å². The molecule has 0 saturated carbocycles. The summed E-state index contributed by atoms with van der Waals surface area (Å²) in [4.78, 5) is 18.6. The lowest BCUT2D eigenvalue weighted by molar-refractivity contribution is -0.138. The third-order valence-electron chi connectivity index (χ3n) is 5.37. The monoisotopic (exact) mass is 382 g/mol. The van der Waals surface area contributed by atoms with E-state index in [1.165, 1.54) is 0 Å². The number of rotatable bonds is 5. The number of aromatic nitrogens is 1. The summed E-state index contributed by atoms with van der Waals surface area (Å²) in [5.41, 5.74) is -1.39. The van der Waals surface area contributed by atoms with Crippen molar-refractivity contribution in [1.82, 2.24) is 4.98 Å². The van der Waals surface area contributed by atoms with E-state index in [1.54, 1.807) is 15.9 Å². The largest absolute Gasteiger partial charge is 0.481 e. The van der Waals surface area contributed by atoms with Gasteiger partial charge < -0.3 is 14.9 Å². The van der Waals surface area contributed by atoms with Crippen molar-refractivity contribution in [1.29, 1.82) is 5.26 Å². The molecule has 3 heterocycles. The molecule has 0 amide bonds. The second-order valence-corrected chi connectivity index (χ2v) is 7.20. The summed E-state index contributed by atoms with van der Waals surface area (Å²) in [6, 6.07) is 2.69. The first kappa shape index (κ1) is 19.3. The van der Waals surface area contributed by atoms with Crippen LogP contribution in [0.2, 0.25) is 0 Å². The standard InChI is InChI=1S/C18H21F3N4O2/c1-11-4-7-25(11)17-13(9-22)14(18(19,20)21)8-15(23-17)24-6-5-12(10-24)2-3-16(26)27/h8,11-12H,2-7,10H2,1H3,(H,26,27)/t11-,12-/m0/s1. The molecule has 2 aliphatic rings. The van der Waals surface area contributed by atoms with Gasteiger partial charge in [-0.25, -0.2) is 4.98 Å². The highest BCUT2D eigenvalue weighted by atomic mass is 19.4. The summed E-state index contributed by atoms with van der Waals surface area (Å²) in [6.45, 7) is 3.46. The Balaban J connectivity index is 1.93. The Hall–Kier alpha value is -2.50. The molecule has 9 heteroatoms. The van der Waals surface area contributed by atoms with E-state index in [0.29, 0.717) is 32.5 Å². The molecule has 2 fully saturated rings. The first-order valence-electron chi connectivity index (χ1n) is 8.96. The third-order valence-corrected chi connectivity index (χ3v) is 5.37. The lowest BCUT2D eigenvalue weighted by Gasteiger charge is -2.40. The lowest BCUT2D eigenvalue weighted by Crippen LogP contribution is -2.47. The van der Waals surface area contributed by atoms with Crippen LogP contribution in [0.1, 0.15) is 43.7 Å². The van der Waals surface area contributed by atoms with Crippen molar-refractivity contribution in [2.24, 2.45) is 5.92 Å². The van der Waals surface area contributed by atoms with Gasteiger partial charge in [0.05, 0.1) is 5.56 Å². The van der Waals surface area contributed by atoms with Gasteiger partial charge in [-0.2, -0.15) is 18.4 Å². The molecule has 27 heavy (non-hydrogen) atoms.